The van der Waals surface area contributed by atoms with Gasteiger partial charge in [-0.25, -0.2) is 15.0 Å². The molecule has 0 amide bonds. The van der Waals surface area contributed by atoms with Crippen LogP contribution in [-0.2, 0) is 7.05 Å². The Bertz CT molecular complexity index is 894. The molecule has 1 fully saturated rings. The number of anilines is 1. The van der Waals surface area contributed by atoms with Crippen LogP contribution in [0.5, 0.6) is 5.75 Å². The van der Waals surface area contributed by atoms with Gasteiger partial charge in [0.05, 0.1) is 5.52 Å². The van der Waals surface area contributed by atoms with Crippen LogP contribution in [0.2, 0.25) is 0 Å². The number of nitrogens with zero attached hydrogens (tertiary/aromatic N) is 5. The number of aliphatic hydroxyl groups is 1. The number of piperidine rings is 1. The summed E-state index contributed by atoms with van der Waals surface area (Å²) in [7, 11) is 1.90. The van der Waals surface area contributed by atoms with Crippen molar-refractivity contribution in [3.8, 4) is 5.75 Å². The fourth-order valence-corrected chi connectivity index (χ4v) is 3.62. The molecule has 1 aliphatic heterocycles. The van der Waals surface area contributed by atoms with E-state index in [4.69, 9.17) is 0 Å². The van der Waals surface area contributed by atoms with E-state index in [1.54, 1.807) is 30.7 Å². The van der Waals surface area contributed by atoms with Crippen LogP contribution >= 0.6 is 0 Å². The lowest BCUT2D eigenvalue weighted by Gasteiger charge is -2.36. The SMILES string of the molecule is Cn1ccnc1C(O)C1CCCN(c2ncnc3ccc(O)cc23)C1. The topological polar surface area (TPSA) is 87.3 Å². The first-order valence-corrected chi connectivity index (χ1v) is 8.47. The van der Waals surface area contributed by atoms with E-state index in [0.717, 1.165) is 36.1 Å². The lowest BCUT2D eigenvalue weighted by molar-refractivity contribution is 0.0874. The molecule has 3 aromatic rings. The van der Waals surface area contributed by atoms with Crippen LogP contribution in [0.1, 0.15) is 24.8 Å². The van der Waals surface area contributed by atoms with Gasteiger partial charge < -0.3 is 19.7 Å². The van der Waals surface area contributed by atoms with Gasteiger partial charge in [0.1, 0.15) is 29.8 Å². The highest BCUT2D eigenvalue weighted by Crippen LogP contribution is 2.33. The lowest BCUT2D eigenvalue weighted by Crippen LogP contribution is -2.39. The molecule has 2 aromatic heterocycles. The van der Waals surface area contributed by atoms with E-state index in [2.05, 4.69) is 19.9 Å². The summed E-state index contributed by atoms with van der Waals surface area (Å²) in [5.74, 6) is 1.78. The molecule has 7 heteroatoms. The molecule has 1 aromatic carbocycles. The van der Waals surface area contributed by atoms with Gasteiger partial charge in [0.2, 0.25) is 0 Å². The average molecular weight is 339 g/mol. The molecule has 0 saturated carbocycles. The van der Waals surface area contributed by atoms with Gasteiger partial charge in [-0.15, -0.1) is 0 Å². The Morgan fingerprint density at radius 1 is 1.24 bits per heavy atom. The van der Waals surface area contributed by atoms with Crippen LogP contribution in [0.25, 0.3) is 10.9 Å². The third-order valence-corrected chi connectivity index (χ3v) is 4.92. The lowest BCUT2D eigenvalue weighted by atomic mass is 9.91. The molecule has 3 heterocycles. The number of hydrogen-bond acceptors (Lipinski definition) is 6. The Kier molecular flexibility index (Phi) is 4.01. The van der Waals surface area contributed by atoms with Crippen LogP contribution in [0, 0.1) is 5.92 Å². The Morgan fingerprint density at radius 3 is 2.92 bits per heavy atom. The molecule has 1 saturated heterocycles. The molecule has 25 heavy (non-hydrogen) atoms. The van der Waals surface area contributed by atoms with Crippen molar-refractivity contribution in [2.24, 2.45) is 13.0 Å². The summed E-state index contributed by atoms with van der Waals surface area (Å²) >= 11 is 0. The number of fused-ring (bicyclic) bond motifs is 1. The molecule has 7 nitrogen and oxygen atoms in total. The quantitative estimate of drug-likeness (QED) is 0.759. The summed E-state index contributed by atoms with van der Waals surface area (Å²) in [5.41, 5.74) is 0.801. The van der Waals surface area contributed by atoms with Crippen molar-refractivity contribution in [1.29, 1.82) is 0 Å². The van der Waals surface area contributed by atoms with Crippen molar-refractivity contribution in [2.45, 2.75) is 18.9 Å². The van der Waals surface area contributed by atoms with Crippen LogP contribution in [0.3, 0.4) is 0 Å². The molecule has 1 aliphatic rings. The van der Waals surface area contributed by atoms with Crippen molar-refractivity contribution < 1.29 is 10.2 Å². The molecular formula is C18H21N5O2. The second-order valence-corrected chi connectivity index (χ2v) is 6.59. The number of rotatable bonds is 3. The summed E-state index contributed by atoms with van der Waals surface area (Å²) < 4.78 is 1.86. The van der Waals surface area contributed by atoms with E-state index in [-0.39, 0.29) is 11.7 Å². The molecule has 2 atom stereocenters. The largest absolute Gasteiger partial charge is 0.508 e. The zero-order chi connectivity index (χ0) is 17.4. The number of phenols is 1. The molecule has 2 unspecified atom stereocenters. The van der Waals surface area contributed by atoms with Crippen molar-refractivity contribution in [1.82, 2.24) is 19.5 Å². The Labute approximate surface area is 145 Å². The second kappa shape index (κ2) is 6.33. The first-order valence-electron chi connectivity index (χ1n) is 8.47. The number of aliphatic hydroxyl groups excluding tert-OH is 1. The molecule has 4 rings (SSSR count). The second-order valence-electron chi connectivity index (χ2n) is 6.59. The number of benzene rings is 1. The molecular weight excluding hydrogens is 318 g/mol. The van der Waals surface area contributed by atoms with Crippen molar-refractivity contribution in [3.63, 3.8) is 0 Å². The maximum absolute atomic E-state index is 10.8. The predicted molar refractivity (Wildman–Crippen MR) is 94.3 cm³/mol. The highest BCUT2D eigenvalue weighted by atomic mass is 16.3. The molecule has 130 valence electrons. The van der Waals surface area contributed by atoms with Crippen molar-refractivity contribution >= 4 is 16.7 Å². The smallest absolute Gasteiger partial charge is 0.140 e. The highest BCUT2D eigenvalue weighted by Gasteiger charge is 2.30. The zero-order valence-electron chi connectivity index (χ0n) is 14.1. The van der Waals surface area contributed by atoms with Crippen molar-refractivity contribution in [2.75, 3.05) is 18.0 Å². The fraction of sp³-hybridized carbons (Fsp3) is 0.389. The number of aryl methyl sites for hydroxylation is 1. The number of imidazole rings is 1. The predicted octanol–water partition coefficient (Wildman–Crippen LogP) is 2.02. The number of phenolic OH excluding ortho intramolecular Hbond substituents is 1. The van der Waals surface area contributed by atoms with Crippen LogP contribution in [-0.4, -0.2) is 42.8 Å². The number of aromatic hydroxyl groups is 1. The van der Waals surface area contributed by atoms with E-state index in [9.17, 15) is 10.2 Å². The third-order valence-electron chi connectivity index (χ3n) is 4.92. The van der Waals surface area contributed by atoms with Gasteiger partial charge in [-0.3, -0.25) is 0 Å². The molecule has 2 N–H and O–H groups in total. The number of aromatic nitrogens is 4. The molecule has 0 bridgehead atoms. The van der Waals surface area contributed by atoms with E-state index in [0.29, 0.717) is 12.4 Å². The maximum Gasteiger partial charge on any atom is 0.140 e. The van der Waals surface area contributed by atoms with Crippen molar-refractivity contribution in [3.05, 3.63) is 42.7 Å². The van der Waals surface area contributed by atoms with Gasteiger partial charge in [0.25, 0.3) is 0 Å². The first kappa shape index (κ1) is 15.8. The summed E-state index contributed by atoms with van der Waals surface area (Å²) in [6, 6.07) is 5.12. The van der Waals surface area contributed by atoms with E-state index >= 15 is 0 Å². The Hall–Kier alpha value is -2.67. The van der Waals surface area contributed by atoms with Gasteiger partial charge in [-0.05, 0) is 31.0 Å². The zero-order valence-corrected chi connectivity index (χ0v) is 14.1. The summed E-state index contributed by atoms with van der Waals surface area (Å²) in [5, 5.41) is 21.4. The minimum atomic E-state index is -0.607. The monoisotopic (exact) mass is 339 g/mol. The Morgan fingerprint density at radius 2 is 2.12 bits per heavy atom. The summed E-state index contributed by atoms with van der Waals surface area (Å²) in [6.07, 6.45) is 6.41. The van der Waals surface area contributed by atoms with Gasteiger partial charge in [0.15, 0.2) is 0 Å². The first-order chi connectivity index (χ1) is 12.1. The standard InChI is InChI=1S/C18H21N5O2/c1-22-8-6-19-18(22)16(25)12-3-2-7-23(10-12)17-14-9-13(24)4-5-15(14)20-11-21-17/h4-6,8-9,11-12,16,24-25H,2-3,7,10H2,1H3. The Balaban J connectivity index is 1.64. The minimum absolute atomic E-state index is 0.0807. The molecule has 0 aliphatic carbocycles. The summed E-state index contributed by atoms with van der Waals surface area (Å²) in [6.45, 7) is 1.56. The van der Waals surface area contributed by atoms with Gasteiger partial charge in [-0.2, -0.15) is 0 Å². The average Bonchev–Trinajstić information content (AvgIpc) is 3.06. The van der Waals surface area contributed by atoms with Gasteiger partial charge in [0, 0.05) is 43.8 Å². The van der Waals surface area contributed by atoms with E-state index in [1.807, 2.05) is 17.8 Å². The molecule has 0 spiro atoms. The maximum atomic E-state index is 10.8. The van der Waals surface area contributed by atoms with Gasteiger partial charge in [-0.1, -0.05) is 0 Å². The third kappa shape index (κ3) is 2.91. The van der Waals surface area contributed by atoms with E-state index < -0.39 is 6.10 Å². The highest BCUT2D eigenvalue weighted by molar-refractivity contribution is 5.90. The number of hydrogen-bond donors (Lipinski definition) is 2. The van der Waals surface area contributed by atoms with E-state index in [1.165, 1.54) is 0 Å². The van der Waals surface area contributed by atoms with Gasteiger partial charge >= 0.3 is 0 Å². The minimum Gasteiger partial charge on any atom is -0.508 e. The van der Waals surface area contributed by atoms with Crippen LogP contribution in [0.4, 0.5) is 5.82 Å². The normalized spacial score (nSPS) is 19.3. The fourth-order valence-electron chi connectivity index (χ4n) is 3.62. The van der Waals surface area contributed by atoms with Crippen LogP contribution in [0.15, 0.2) is 36.9 Å². The summed E-state index contributed by atoms with van der Waals surface area (Å²) in [4.78, 5) is 15.2. The molecule has 0 radical (unpaired) electrons. The van der Waals surface area contributed by atoms with Crippen LogP contribution < -0.4 is 4.90 Å².